The number of hydrogen-bond donors (Lipinski definition) is 1. The van der Waals surface area contributed by atoms with Gasteiger partial charge in [0.05, 0.1) is 0 Å². The fourth-order valence-corrected chi connectivity index (χ4v) is 4.46. The zero-order valence-corrected chi connectivity index (χ0v) is 17.3. The molecule has 2 heterocycles. The smallest absolute Gasteiger partial charge is 0.221 e. The lowest BCUT2D eigenvalue weighted by molar-refractivity contribution is -0.121. The molecular weight excluding hydrogens is 358 g/mol. The average Bonchev–Trinajstić information content (AvgIpc) is 3.17. The van der Waals surface area contributed by atoms with Gasteiger partial charge in [0.15, 0.2) is 0 Å². The van der Waals surface area contributed by atoms with Crippen LogP contribution in [0.25, 0.3) is 0 Å². The summed E-state index contributed by atoms with van der Waals surface area (Å²) in [7, 11) is 0. The topological polar surface area (TPSA) is 46.9 Å². The van der Waals surface area contributed by atoms with Crippen LogP contribution in [0.3, 0.4) is 0 Å². The third kappa shape index (κ3) is 4.26. The number of fused-ring (bicyclic) bond motifs is 1. The van der Waals surface area contributed by atoms with E-state index in [4.69, 9.17) is 4.98 Å². The van der Waals surface area contributed by atoms with E-state index in [2.05, 4.69) is 48.0 Å². The molecule has 1 aliphatic heterocycles. The number of carbonyl (C=O) groups excluding carboxylic acids is 1. The Kier molecular flexibility index (Phi) is 5.79. The minimum Gasteiger partial charge on any atom is -0.352 e. The van der Waals surface area contributed by atoms with Crippen LogP contribution in [0.1, 0.15) is 66.4 Å². The summed E-state index contributed by atoms with van der Waals surface area (Å²) in [5.74, 6) is 1.23. The first-order valence-corrected chi connectivity index (χ1v) is 10.6. The number of aryl methyl sites for hydroxylation is 2. The van der Waals surface area contributed by atoms with E-state index >= 15 is 0 Å². The van der Waals surface area contributed by atoms with Crippen molar-refractivity contribution in [3.05, 3.63) is 89.0 Å². The van der Waals surface area contributed by atoms with Crippen molar-refractivity contribution in [2.75, 3.05) is 0 Å². The summed E-state index contributed by atoms with van der Waals surface area (Å²) in [6.45, 7) is 4.94. The van der Waals surface area contributed by atoms with Crippen LogP contribution in [0.2, 0.25) is 0 Å². The third-order valence-corrected chi connectivity index (χ3v) is 6.01. The predicted molar refractivity (Wildman–Crippen MR) is 116 cm³/mol. The molecule has 0 radical (unpaired) electrons. The van der Waals surface area contributed by atoms with Crippen LogP contribution in [0.5, 0.6) is 0 Å². The van der Waals surface area contributed by atoms with E-state index in [1.54, 1.807) is 0 Å². The summed E-state index contributed by atoms with van der Waals surface area (Å²) in [5, 5.41) is 3.10. The van der Waals surface area contributed by atoms with Crippen molar-refractivity contribution < 1.29 is 4.79 Å². The van der Waals surface area contributed by atoms with E-state index in [0.29, 0.717) is 19.0 Å². The molecule has 0 saturated heterocycles. The van der Waals surface area contributed by atoms with Gasteiger partial charge in [-0.05, 0) is 43.4 Å². The predicted octanol–water partition coefficient (Wildman–Crippen LogP) is 4.93. The van der Waals surface area contributed by atoms with Crippen molar-refractivity contribution in [3.8, 4) is 0 Å². The Morgan fingerprint density at radius 2 is 1.93 bits per heavy atom. The highest BCUT2D eigenvalue weighted by Crippen LogP contribution is 2.35. The molecule has 4 nitrogen and oxygen atoms in total. The Morgan fingerprint density at radius 1 is 1.17 bits per heavy atom. The average molecular weight is 388 g/mol. The number of nitrogens with zero attached hydrogens (tertiary/aromatic N) is 2. The first-order chi connectivity index (χ1) is 14.1. The van der Waals surface area contributed by atoms with Crippen LogP contribution in [0.4, 0.5) is 0 Å². The number of imidazole rings is 1. The van der Waals surface area contributed by atoms with Gasteiger partial charge in [-0.15, -0.1) is 0 Å². The molecule has 1 aliphatic rings. The van der Waals surface area contributed by atoms with Crippen molar-refractivity contribution in [2.24, 2.45) is 0 Å². The zero-order valence-electron chi connectivity index (χ0n) is 17.3. The van der Waals surface area contributed by atoms with E-state index in [-0.39, 0.29) is 11.8 Å². The molecule has 4 heteroatoms. The first-order valence-electron chi connectivity index (χ1n) is 10.6. The number of benzene rings is 2. The van der Waals surface area contributed by atoms with Gasteiger partial charge in [0.25, 0.3) is 0 Å². The fourth-order valence-electron chi connectivity index (χ4n) is 4.46. The molecule has 3 aromatic rings. The summed E-state index contributed by atoms with van der Waals surface area (Å²) in [5.41, 5.74) is 4.70. The van der Waals surface area contributed by atoms with Crippen molar-refractivity contribution in [1.82, 2.24) is 14.9 Å². The maximum atomic E-state index is 12.9. The Morgan fingerprint density at radius 3 is 2.72 bits per heavy atom. The molecule has 29 heavy (non-hydrogen) atoms. The van der Waals surface area contributed by atoms with E-state index in [1.807, 2.05) is 36.5 Å². The molecule has 0 aliphatic carbocycles. The summed E-state index contributed by atoms with van der Waals surface area (Å²) in [6, 6.07) is 18.9. The molecule has 1 aromatic heterocycles. The van der Waals surface area contributed by atoms with Crippen molar-refractivity contribution in [2.45, 2.75) is 58.0 Å². The number of aromatic nitrogens is 2. The molecular formula is C25H29N3O. The van der Waals surface area contributed by atoms with Gasteiger partial charge in [-0.25, -0.2) is 4.98 Å². The number of rotatable bonds is 6. The number of hydrogen-bond acceptors (Lipinski definition) is 2. The molecule has 2 aromatic carbocycles. The number of carbonyl (C=O) groups is 1. The van der Waals surface area contributed by atoms with Crippen molar-refractivity contribution >= 4 is 5.91 Å². The highest BCUT2D eigenvalue weighted by Gasteiger charge is 2.28. The number of amides is 1. The maximum absolute atomic E-state index is 12.9. The van der Waals surface area contributed by atoms with Gasteiger partial charge in [-0.2, -0.15) is 0 Å². The highest BCUT2D eigenvalue weighted by atomic mass is 16.1. The maximum Gasteiger partial charge on any atom is 0.221 e. The second kappa shape index (κ2) is 8.64. The Labute approximate surface area is 173 Å². The minimum absolute atomic E-state index is 0.00812. The zero-order chi connectivity index (χ0) is 20.2. The third-order valence-electron chi connectivity index (χ3n) is 6.01. The molecule has 0 spiro atoms. The lowest BCUT2D eigenvalue weighted by Crippen LogP contribution is -2.27. The van der Waals surface area contributed by atoms with Crippen molar-refractivity contribution in [1.29, 1.82) is 0 Å². The van der Waals surface area contributed by atoms with Gasteiger partial charge in [0, 0.05) is 43.2 Å². The van der Waals surface area contributed by atoms with E-state index in [1.165, 1.54) is 17.5 Å². The van der Waals surface area contributed by atoms with Gasteiger partial charge in [-0.1, -0.05) is 54.6 Å². The Bertz CT molecular complexity index is 977. The summed E-state index contributed by atoms with van der Waals surface area (Å²) in [4.78, 5) is 17.6. The van der Waals surface area contributed by atoms with Crippen LogP contribution in [-0.2, 0) is 17.8 Å². The molecule has 1 N–H and O–H groups in total. The first kappa shape index (κ1) is 19.4. The molecule has 0 saturated carbocycles. The molecule has 0 fully saturated rings. The van der Waals surface area contributed by atoms with Gasteiger partial charge in [-0.3, -0.25) is 4.79 Å². The van der Waals surface area contributed by atoms with Gasteiger partial charge >= 0.3 is 0 Å². The van der Waals surface area contributed by atoms with Gasteiger partial charge < -0.3 is 9.88 Å². The van der Waals surface area contributed by atoms with Gasteiger partial charge in [0.2, 0.25) is 5.91 Å². The second-order valence-electron chi connectivity index (χ2n) is 8.09. The lowest BCUT2D eigenvalue weighted by Gasteiger charge is -2.28. The van der Waals surface area contributed by atoms with E-state index in [0.717, 1.165) is 29.9 Å². The minimum atomic E-state index is 0.00812. The summed E-state index contributed by atoms with van der Waals surface area (Å²) >= 11 is 0. The Hall–Kier alpha value is -2.88. The summed E-state index contributed by atoms with van der Waals surface area (Å²) < 4.78 is 2.38. The van der Waals surface area contributed by atoms with E-state index in [9.17, 15) is 4.79 Å². The highest BCUT2D eigenvalue weighted by molar-refractivity contribution is 5.77. The SMILES string of the molecule is Cc1ccccc1C(CC(=O)NCc1ccccc1)c1cnc2n1C(C)CCC2. The fraction of sp³-hybridized carbons (Fsp3) is 0.360. The monoisotopic (exact) mass is 387 g/mol. The Balaban J connectivity index is 1.61. The molecule has 4 rings (SSSR count). The molecule has 1 amide bonds. The van der Waals surface area contributed by atoms with Crippen molar-refractivity contribution in [3.63, 3.8) is 0 Å². The molecule has 150 valence electrons. The van der Waals surface area contributed by atoms with Gasteiger partial charge in [0.1, 0.15) is 5.82 Å². The lowest BCUT2D eigenvalue weighted by atomic mass is 9.88. The molecule has 0 bridgehead atoms. The molecule has 2 atom stereocenters. The second-order valence-corrected chi connectivity index (χ2v) is 8.09. The summed E-state index contributed by atoms with van der Waals surface area (Å²) in [6.07, 6.45) is 5.79. The van der Waals surface area contributed by atoms with Crippen LogP contribution < -0.4 is 5.32 Å². The largest absolute Gasteiger partial charge is 0.352 e. The van der Waals surface area contributed by atoms with Crippen LogP contribution in [0, 0.1) is 6.92 Å². The van der Waals surface area contributed by atoms with E-state index < -0.39 is 0 Å². The van der Waals surface area contributed by atoms with Crippen LogP contribution in [-0.4, -0.2) is 15.5 Å². The normalized spacial score (nSPS) is 16.8. The van der Waals surface area contributed by atoms with Crippen LogP contribution in [0.15, 0.2) is 60.8 Å². The standard InChI is InChI=1S/C25H29N3O/c1-18-9-6-7-13-21(18)22(15-25(29)27-16-20-11-4-3-5-12-20)23-17-26-24-14-8-10-19(2)28(23)24/h3-7,9,11-13,17,19,22H,8,10,14-16H2,1-2H3,(H,27,29). The molecule has 2 unspecified atom stereocenters. The van der Waals surface area contributed by atoms with Crippen LogP contribution >= 0.6 is 0 Å². The quantitative estimate of drug-likeness (QED) is 0.652. The number of nitrogens with one attached hydrogen (secondary N) is 1.